The number of nitrogens with one attached hydrogen (secondary N) is 1. The lowest BCUT2D eigenvalue weighted by Crippen LogP contribution is -2.10. The zero-order valence-electron chi connectivity index (χ0n) is 8.36. The molecule has 0 saturated heterocycles. The summed E-state index contributed by atoms with van der Waals surface area (Å²) in [5.74, 6) is 0.000521. The van der Waals surface area contributed by atoms with Crippen LogP contribution in [0.2, 0.25) is 0 Å². The van der Waals surface area contributed by atoms with E-state index in [1.165, 1.54) is 0 Å². The summed E-state index contributed by atoms with van der Waals surface area (Å²) in [6.45, 7) is 1.85. The van der Waals surface area contributed by atoms with Gasteiger partial charge in [0.05, 0.1) is 0 Å². The highest BCUT2D eigenvalue weighted by molar-refractivity contribution is 9.10. The number of aromatic amines is 1. The average molecular weight is 282 g/mol. The molecule has 5 nitrogen and oxygen atoms in total. The van der Waals surface area contributed by atoms with Crippen molar-refractivity contribution in [2.24, 2.45) is 0 Å². The van der Waals surface area contributed by atoms with Crippen LogP contribution < -0.4 is 5.56 Å². The van der Waals surface area contributed by atoms with Crippen LogP contribution in [0, 0.1) is 6.92 Å². The molecule has 0 radical (unpaired) electrons. The zero-order valence-corrected chi connectivity index (χ0v) is 9.95. The Morgan fingerprint density at radius 3 is 2.88 bits per heavy atom. The molecule has 0 atom stereocenters. The minimum absolute atomic E-state index is 0.0305. The van der Waals surface area contributed by atoms with Crippen LogP contribution in [0.5, 0.6) is 5.88 Å². The molecule has 0 fully saturated rings. The third kappa shape index (κ3) is 1.83. The number of nitrogens with zero attached hydrogens (tertiary/aromatic N) is 2. The van der Waals surface area contributed by atoms with Gasteiger partial charge < -0.3 is 10.1 Å². The van der Waals surface area contributed by atoms with E-state index < -0.39 is 5.56 Å². The first-order chi connectivity index (χ1) is 7.59. The highest BCUT2D eigenvalue weighted by Gasteiger charge is 2.10. The standard InChI is InChI=1S/C10H8BrN3O2/c1-5-4-12-3-2-6(5)8-13-9(15)7(11)10(16)14-8/h2-4H,1H3,(H2,13,14,15,16). The van der Waals surface area contributed by atoms with Crippen molar-refractivity contribution in [2.75, 3.05) is 0 Å². The molecule has 82 valence electrons. The van der Waals surface area contributed by atoms with E-state index in [0.29, 0.717) is 5.82 Å². The third-order valence-electron chi connectivity index (χ3n) is 2.12. The normalized spacial score (nSPS) is 10.4. The van der Waals surface area contributed by atoms with E-state index in [2.05, 4.69) is 30.9 Å². The molecule has 0 aliphatic rings. The summed E-state index contributed by atoms with van der Waals surface area (Å²) < 4.78 is 0.0305. The number of aryl methyl sites for hydroxylation is 1. The maximum atomic E-state index is 11.4. The molecule has 2 aromatic rings. The molecule has 6 heteroatoms. The molecular weight excluding hydrogens is 274 g/mol. The van der Waals surface area contributed by atoms with Crippen LogP contribution >= 0.6 is 15.9 Å². The number of aromatic hydroxyl groups is 1. The van der Waals surface area contributed by atoms with E-state index in [4.69, 9.17) is 0 Å². The molecule has 2 aromatic heterocycles. The fourth-order valence-electron chi connectivity index (χ4n) is 1.31. The van der Waals surface area contributed by atoms with E-state index >= 15 is 0 Å². The summed E-state index contributed by atoms with van der Waals surface area (Å²) in [6.07, 6.45) is 3.26. The van der Waals surface area contributed by atoms with Gasteiger partial charge in [-0.25, -0.2) is 0 Å². The predicted octanol–water partition coefficient (Wildman–Crippen LogP) is 1.61. The molecular formula is C10H8BrN3O2. The first-order valence-corrected chi connectivity index (χ1v) is 5.28. The summed E-state index contributed by atoms with van der Waals surface area (Å²) >= 11 is 2.94. The van der Waals surface area contributed by atoms with Gasteiger partial charge in [-0.2, -0.15) is 4.98 Å². The van der Waals surface area contributed by atoms with Crippen molar-refractivity contribution in [1.82, 2.24) is 15.0 Å². The Bertz CT molecular complexity index is 595. The summed E-state index contributed by atoms with van der Waals surface area (Å²) in [5, 5.41) is 9.44. The molecule has 0 spiro atoms. The van der Waals surface area contributed by atoms with E-state index in [-0.39, 0.29) is 10.4 Å². The number of H-pyrrole nitrogens is 1. The summed E-state index contributed by atoms with van der Waals surface area (Å²) in [5.41, 5.74) is 1.18. The monoisotopic (exact) mass is 281 g/mol. The lowest BCUT2D eigenvalue weighted by Gasteiger charge is -2.04. The molecule has 2 heterocycles. The van der Waals surface area contributed by atoms with Crippen LogP contribution in [-0.4, -0.2) is 20.1 Å². The molecule has 0 amide bonds. The molecule has 2 rings (SSSR count). The van der Waals surface area contributed by atoms with E-state index in [1.807, 2.05) is 6.92 Å². The summed E-state index contributed by atoms with van der Waals surface area (Å²) in [4.78, 5) is 21.8. The molecule has 0 bridgehead atoms. The first-order valence-electron chi connectivity index (χ1n) is 4.49. The fraction of sp³-hybridized carbons (Fsp3) is 0.100. The van der Waals surface area contributed by atoms with Crippen molar-refractivity contribution in [2.45, 2.75) is 6.92 Å². The van der Waals surface area contributed by atoms with Gasteiger partial charge in [-0.3, -0.25) is 9.78 Å². The van der Waals surface area contributed by atoms with Gasteiger partial charge in [-0.1, -0.05) is 0 Å². The Morgan fingerprint density at radius 1 is 1.50 bits per heavy atom. The lowest BCUT2D eigenvalue weighted by atomic mass is 10.1. The molecule has 16 heavy (non-hydrogen) atoms. The van der Waals surface area contributed by atoms with Crippen LogP contribution in [-0.2, 0) is 0 Å². The summed E-state index contributed by atoms with van der Waals surface area (Å²) in [6, 6.07) is 1.72. The molecule has 0 aromatic carbocycles. The van der Waals surface area contributed by atoms with Crippen molar-refractivity contribution in [3.8, 4) is 17.3 Å². The Morgan fingerprint density at radius 2 is 2.25 bits per heavy atom. The van der Waals surface area contributed by atoms with Gasteiger partial charge in [0, 0.05) is 18.0 Å². The highest BCUT2D eigenvalue weighted by atomic mass is 79.9. The van der Waals surface area contributed by atoms with Crippen LogP contribution in [0.25, 0.3) is 11.4 Å². The number of hydrogen-bond donors (Lipinski definition) is 2. The molecule has 2 N–H and O–H groups in total. The van der Waals surface area contributed by atoms with Gasteiger partial charge in [0.1, 0.15) is 10.3 Å². The van der Waals surface area contributed by atoms with Gasteiger partial charge in [0.15, 0.2) is 0 Å². The van der Waals surface area contributed by atoms with Crippen molar-refractivity contribution in [3.05, 3.63) is 38.9 Å². The van der Waals surface area contributed by atoms with Gasteiger partial charge in [-0.05, 0) is 34.5 Å². The predicted molar refractivity (Wildman–Crippen MR) is 62.2 cm³/mol. The maximum absolute atomic E-state index is 11.4. The van der Waals surface area contributed by atoms with Crippen LogP contribution in [0.1, 0.15) is 5.56 Å². The van der Waals surface area contributed by atoms with Crippen LogP contribution in [0.3, 0.4) is 0 Å². The largest absolute Gasteiger partial charge is 0.492 e. The second-order valence-electron chi connectivity index (χ2n) is 3.24. The number of rotatable bonds is 1. The molecule has 0 aliphatic heterocycles. The van der Waals surface area contributed by atoms with Crippen LogP contribution in [0.4, 0.5) is 0 Å². The maximum Gasteiger partial charge on any atom is 0.269 e. The zero-order chi connectivity index (χ0) is 11.7. The van der Waals surface area contributed by atoms with Crippen LogP contribution in [0.15, 0.2) is 27.7 Å². The number of halogens is 1. The number of pyridine rings is 1. The van der Waals surface area contributed by atoms with Gasteiger partial charge in [-0.15, -0.1) is 0 Å². The van der Waals surface area contributed by atoms with Crippen molar-refractivity contribution in [3.63, 3.8) is 0 Å². The van der Waals surface area contributed by atoms with Crippen molar-refractivity contribution in [1.29, 1.82) is 0 Å². The minimum atomic E-state index is -0.418. The smallest absolute Gasteiger partial charge is 0.269 e. The first kappa shape index (κ1) is 10.8. The lowest BCUT2D eigenvalue weighted by molar-refractivity contribution is 0.448. The quantitative estimate of drug-likeness (QED) is 0.832. The van der Waals surface area contributed by atoms with Crippen molar-refractivity contribution < 1.29 is 5.11 Å². The second kappa shape index (κ2) is 4.05. The van der Waals surface area contributed by atoms with E-state index in [1.54, 1.807) is 18.5 Å². The topological polar surface area (TPSA) is 78.9 Å². The Kier molecular flexibility index (Phi) is 2.74. The Labute approximate surface area is 99.3 Å². The van der Waals surface area contributed by atoms with Gasteiger partial charge >= 0.3 is 0 Å². The van der Waals surface area contributed by atoms with E-state index in [0.717, 1.165) is 11.1 Å². The molecule has 0 saturated carbocycles. The average Bonchev–Trinajstić information content (AvgIpc) is 2.26. The van der Waals surface area contributed by atoms with Gasteiger partial charge in [0.2, 0.25) is 5.88 Å². The SMILES string of the molecule is Cc1cnccc1-c1nc(O)c(Br)c(=O)[nH]1. The minimum Gasteiger partial charge on any atom is -0.492 e. The fourth-order valence-corrected chi connectivity index (χ4v) is 1.50. The Balaban J connectivity index is 2.67. The third-order valence-corrected chi connectivity index (χ3v) is 2.84. The highest BCUT2D eigenvalue weighted by Crippen LogP contribution is 2.22. The molecule has 0 aliphatic carbocycles. The van der Waals surface area contributed by atoms with E-state index in [9.17, 15) is 9.90 Å². The van der Waals surface area contributed by atoms with Crippen molar-refractivity contribution >= 4 is 15.9 Å². The number of hydrogen-bond acceptors (Lipinski definition) is 4. The number of aromatic nitrogens is 3. The Hall–Kier alpha value is -1.69. The van der Waals surface area contributed by atoms with Gasteiger partial charge in [0.25, 0.3) is 5.56 Å². The second-order valence-corrected chi connectivity index (χ2v) is 4.04. The summed E-state index contributed by atoms with van der Waals surface area (Å²) in [7, 11) is 0. The molecule has 0 unspecified atom stereocenters.